The highest BCUT2D eigenvalue weighted by molar-refractivity contribution is 5.89. The standard InChI is InChI=1S/C6H10N2O2/c7-6(10)8-4-2-1-3-5(4)9/h4H,1-3H2,(H3,7,8,10). The summed E-state index contributed by atoms with van der Waals surface area (Å²) in [7, 11) is 0. The third-order valence-corrected chi connectivity index (χ3v) is 1.62. The molecule has 0 aromatic rings. The van der Waals surface area contributed by atoms with E-state index >= 15 is 0 Å². The molecule has 1 saturated carbocycles. The Kier molecular flexibility index (Phi) is 1.89. The topological polar surface area (TPSA) is 72.2 Å². The number of rotatable bonds is 1. The van der Waals surface area contributed by atoms with Crippen molar-refractivity contribution in [2.75, 3.05) is 0 Å². The molecule has 0 aromatic carbocycles. The van der Waals surface area contributed by atoms with Gasteiger partial charge in [0.15, 0.2) is 5.78 Å². The quantitative estimate of drug-likeness (QED) is 0.531. The Hall–Kier alpha value is -1.06. The summed E-state index contributed by atoms with van der Waals surface area (Å²) < 4.78 is 0. The van der Waals surface area contributed by atoms with E-state index in [2.05, 4.69) is 5.32 Å². The molecule has 2 amide bonds. The Labute approximate surface area is 58.8 Å². The van der Waals surface area contributed by atoms with Gasteiger partial charge in [0.2, 0.25) is 0 Å². The van der Waals surface area contributed by atoms with E-state index < -0.39 is 6.03 Å². The predicted molar refractivity (Wildman–Crippen MR) is 35.4 cm³/mol. The molecule has 4 nitrogen and oxygen atoms in total. The zero-order valence-electron chi connectivity index (χ0n) is 5.59. The lowest BCUT2D eigenvalue weighted by atomic mass is 10.2. The van der Waals surface area contributed by atoms with Crippen molar-refractivity contribution in [1.82, 2.24) is 5.32 Å². The predicted octanol–water partition coefficient (Wildman–Crippen LogP) is -0.224. The molecule has 1 unspecified atom stereocenters. The lowest BCUT2D eigenvalue weighted by Crippen LogP contribution is -2.40. The van der Waals surface area contributed by atoms with Crippen LogP contribution >= 0.6 is 0 Å². The molecule has 4 heteroatoms. The van der Waals surface area contributed by atoms with Crippen LogP contribution in [-0.4, -0.2) is 17.9 Å². The summed E-state index contributed by atoms with van der Waals surface area (Å²) in [6.45, 7) is 0. The summed E-state index contributed by atoms with van der Waals surface area (Å²) in [5, 5.41) is 2.38. The second-order valence-corrected chi connectivity index (χ2v) is 2.42. The number of urea groups is 1. The molecule has 0 heterocycles. The molecule has 1 aliphatic rings. The third kappa shape index (κ3) is 1.46. The zero-order valence-corrected chi connectivity index (χ0v) is 5.59. The minimum atomic E-state index is -0.611. The molecule has 0 saturated heterocycles. The van der Waals surface area contributed by atoms with Crippen molar-refractivity contribution in [3.05, 3.63) is 0 Å². The summed E-state index contributed by atoms with van der Waals surface area (Å²) in [6.07, 6.45) is 2.18. The first-order valence-corrected chi connectivity index (χ1v) is 3.29. The van der Waals surface area contributed by atoms with Crippen LogP contribution in [0.4, 0.5) is 4.79 Å². The van der Waals surface area contributed by atoms with Crippen molar-refractivity contribution >= 4 is 11.8 Å². The van der Waals surface area contributed by atoms with Gasteiger partial charge in [0.05, 0.1) is 6.04 Å². The van der Waals surface area contributed by atoms with E-state index in [1.807, 2.05) is 0 Å². The Morgan fingerprint density at radius 1 is 1.70 bits per heavy atom. The smallest absolute Gasteiger partial charge is 0.312 e. The molecule has 0 spiro atoms. The molecule has 1 atom stereocenters. The molecule has 10 heavy (non-hydrogen) atoms. The Bertz CT molecular complexity index is 167. The van der Waals surface area contributed by atoms with Gasteiger partial charge < -0.3 is 11.1 Å². The second-order valence-electron chi connectivity index (χ2n) is 2.42. The lowest BCUT2D eigenvalue weighted by molar-refractivity contribution is -0.118. The molecule has 0 aliphatic heterocycles. The van der Waals surface area contributed by atoms with Crippen molar-refractivity contribution in [2.24, 2.45) is 5.73 Å². The van der Waals surface area contributed by atoms with Crippen LogP contribution in [0.25, 0.3) is 0 Å². The van der Waals surface area contributed by atoms with Gasteiger partial charge in [-0.15, -0.1) is 0 Å². The summed E-state index contributed by atoms with van der Waals surface area (Å²) in [5.74, 6) is 0.0961. The third-order valence-electron chi connectivity index (χ3n) is 1.62. The van der Waals surface area contributed by atoms with Gasteiger partial charge in [0, 0.05) is 6.42 Å². The van der Waals surface area contributed by atoms with Crippen LogP contribution in [0.15, 0.2) is 0 Å². The van der Waals surface area contributed by atoms with E-state index in [0.717, 1.165) is 12.8 Å². The number of Topliss-reactive ketones (excluding diaryl/α,β-unsaturated/α-hetero) is 1. The van der Waals surface area contributed by atoms with Crippen molar-refractivity contribution in [3.63, 3.8) is 0 Å². The fourth-order valence-electron chi connectivity index (χ4n) is 1.14. The minimum absolute atomic E-state index is 0.0961. The first-order chi connectivity index (χ1) is 4.70. The van der Waals surface area contributed by atoms with Crippen LogP contribution in [0.1, 0.15) is 19.3 Å². The van der Waals surface area contributed by atoms with Gasteiger partial charge in [-0.25, -0.2) is 4.79 Å². The molecule has 1 aliphatic carbocycles. The Morgan fingerprint density at radius 2 is 2.40 bits per heavy atom. The SMILES string of the molecule is NC(=O)NC1CCCC1=O. The van der Waals surface area contributed by atoms with Crippen molar-refractivity contribution in [1.29, 1.82) is 0 Å². The highest BCUT2D eigenvalue weighted by atomic mass is 16.2. The number of hydrogen-bond donors (Lipinski definition) is 2. The van der Waals surface area contributed by atoms with Gasteiger partial charge in [-0.3, -0.25) is 4.79 Å². The lowest BCUT2D eigenvalue weighted by Gasteiger charge is -2.06. The van der Waals surface area contributed by atoms with Crippen LogP contribution < -0.4 is 11.1 Å². The van der Waals surface area contributed by atoms with Crippen molar-refractivity contribution in [3.8, 4) is 0 Å². The largest absolute Gasteiger partial charge is 0.352 e. The van der Waals surface area contributed by atoms with Gasteiger partial charge in [-0.1, -0.05) is 0 Å². The number of ketones is 1. The minimum Gasteiger partial charge on any atom is -0.352 e. The molecular formula is C6H10N2O2. The maximum Gasteiger partial charge on any atom is 0.312 e. The van der Waals surface area contributed by atoms with Crippen LogP contribution in [-0.2, 0) is 4.79 Å². The van der Waals surface area contributed by atoms with Crippen LogP contribution in [0.3, 0.4) is 0 Å². The molecule has 0 radical (unpaired) electrons. The van der Waals surface area contributed by atoms with Crippen molar-refractivity contribution < 1.29 is 9.59 Å². The summed E-state index contributed by atoms with van der Waals surface area (Å²) in [6, 6.07) is -0.919. The fraction of sp³-hybridized carbons (Fsp3) is 0.667. The first-order valence-electron chi connectivity index (χ1n) is 3.29. The van der Waals surface area contributed by atoms with Gasteiger partial charge in [0.25, 0.3) is 0 Å². The van der Waals surface area contributed by atoms with Gasteiger partial charge in [0.1, 0.15) is 0 Å². The second kappa shape index (κ2) is 2.68. The van der Waals surface area contributed by atoms with Gasteiger partial charge in [-0.2, -0.15) is 0 Å². The number of carbonyl (C=O) groups excluding carboxylic acids is 2. The van der Waals surface area contributed by atoms with Gasteiger partial charge in [-0.05, 0) is 12.8 Å². The molecule has 3 N–H and O–H groups in total. The van der Waals surface area contributed by atoms with Crippen LogP contribution in [0.2, 0.25) is 0 Å². The van der Waals surface area contributed by atoms with Crippen LogP contribution in [0.5, 0.6) is 0 Å². The van der Waals surface area contributed by atoms with E-state index in [1.165, 1.54) is 0 Å². The first kappa shape index (κ1) is 7.05. The van der Waals surface area contributed by atoms with E-state index in [9.17, 15) is 9.59 Å². The fourth-order valence-corrected chi connectivity index (χ4v) is 1.14. The van der Waals surface area contributed by atoms with Gasteiger partial charge >= 0.3 is 6.03 Å². The molecule has 0 bridgehead atoms. The molecule has 56 valence electrons. The maximum atomic E-state index is 10.8. The summed E-state index contributed by atoms with van der Waals surface area (Å²) in [4.78, 5) is 21.1. The maximum absolute atomic E-state index is 10.8. The highest BCUT2D eigenvalue weighted by Crippen LogP contribution is 2.13. The number of amides is 2. The van der Waals surface area contributed by atoms with Crippen LogP contribution in [0, 0.1) is 0 Å². The number of primary amides is 1. The number of nitrogens with one attached hydrogen (secondary N) is 1. The van der Waals surface area contributed by atoms with Crippen molar-refractivity contribution in [2.45, 2.75) is 25.3 Å². The molecule has 1 fully saturated rings. The molecule has 0 aromatic heterocycles. The van der Waals surface area contributed by atoms with E-state index in [-0.39, 0.29) is 11.8 Å². The van der Waals surface area contributed by atoms with E-state index in [4.69, 9.17) is 5.73 Å². The molecular weight excluding hydrogens is 132 g/mol. The number of nitrogens with two attached hydrogens (primary N) is 1. The van der Waals surface area contributed by atoms with E-state index in [0.29, 0.717) is 6.42 Å². The van der Waals surface area contributed by atoms with E-state index in [1.54, 1.807) is 0 Å². The monoisotopic (exact) mass is 142 g/mol. The summed E-state index contributed by atoms with van der Waals surface area (Å²) >= 11 is 0. The summed E-state index contributed by atoms with van der Waals surface area (Å²) in [5.41, 5.74) is 4.83. The number of carbonyl (C=O) groups is 2. The molecule has 1 rings (SSSR count). The number of hydrogen-bond acceptors (Lipinski definition) is 2. The highest BCUT2D eigenvalue weighted by Gasteiger charge is 2.24. The Morgan fingerprint density at radius 3 is 2.80 bits per heavy atom. The normalized spacial score (nSPS) is 24.8. The zero-order chi connectivity index (χ0) is 7.56. The average Bonchev–Trinajstić information content (AvgIpc) is 2.15. The average molecular weight is 142 g/mol. The Balaban J connectivity index is 2.40.